The van der Waals surface area contributed by atoms with Gasteiger partial charge < -0.3 is 0 Å². The van der Waals surface area contributed by atoms with Crippen LogP contribution in [0.1, 0.15) is 0 Å². The molecule has 1 N–H and O–H groups in total. The smallest absolute Gasteiger partial charge is 0.285 e. The van der Waals surface area contributed by atoms with Gasteiger partial charge in [-0.2, -0.15) is 26.3 Å². The molecule has 2 amide bonds. The maximum absolute atomic E-state index is 12.3. The average molecular weight is 244 g/mol. The molecule has 15 heavy (non-hydrogen) atoms. The third-order valence-electron chi connectivity index (χ3n) is 1.59. The average Bonchev–Trinajstić information content (AvgIpc) is 2.01. The number of imide groups is 1. The van der Waals surface area contributed by atoms with Crippen LogP contribution >= 0.6 is 0 Å². The van der Waals surface area contributed by atoms with Gasteiger partial charge in [0.05, 0.1) is 0 Å². The Morgan fingerprint density at radius 2 is 1.07 bits per heavy atom. The van der Waals surface area contributed by atoms with Crippen LogP contribution in [-0.4, -0.2) is 59.1 Å². The SMILES string of the molecule is O=C1NC(=O)C(F)(F)C(F)(F)C1(F)F.[Na]. The second-order valence-electron chi connectivity index (χ2n) is 2.51. The van der Waals surface area contributed by atoms with E-state index in [4.69, 9.17) is 0 Å². The van der Waals surface area contributed by atoms with Crippen LogP contribution in [0.5, 0.6) is 0 Å². The fourth-order valence-corrected chi connectivity index (χ4v) is 0.742. The van der Waals surface area contributed by atoms with Crippen LogP contribution in [-0.2, 0) is 9.59 Å². The van der Waals surface area contributed by atoms with Crippen molar-refractivity contribution in [2.24, 2.45) is 0 Å². The van der Waals surface area contributed by atoms with Gasteiger partial charge in [0.1, 0.15) is 0 Å². The van der Waals surface area contributed by atoms with Crippen molar-refractivity contribution in [1.29, 1.82) is 0 Å². The van der Waals surface area contributed by atoms with Gasteiger partial charge in [0, 0.05) is 29.6 Å². The number of alkyl halides is 6. The Bertz CT molecular complexity index is 289. The molecule has 0 spiro atoms. The molecule has 1 aliphatic heterocycles. The number of hydrogen-bond acceptors (Lipinski definition) is 2. The number of rotatable bonds is 0. The fraction of sp³-hybridized carbons (Fsp3) is 0.600. The molecular weight excluding hydrogens is 243 g/mol. The first-order valence-electron chi connectivity index (χ1n) is 3.04. The zero-order valence-corrected chi connectivity index (χ0v) is 9.08. The zero-order chi connectivity index (χ0) is 11.4. The van der Waals surface area contributed by atoms with Crippen LogP contribution in [0.3, 0.4) is 0 Å². The third-order valence-corrected chi connectivity index (χ3v) is 1.59. The van der Waals surface area contributed by atoms with E-state index in [1.807, 2.05) is 0 Å². The topological polar surface area (TPSA) is 46.2 Å². The molecule has 1 saturated heterocycles. The van der Waals surface area contributed by atoms with Gasteiger partial charge in [-0.3, -0.25) is 14.9 Å². The number of carbonyl (C=O) groups excluding carboxylic acids is 2. The predicted octanol–water partition coefficient (Wildman–Crippen LogP) is 0.168. The van der Waals surface area contributed by atoms with Gasteiger partial charge in [-0.05, 0) is 0 Å². The second-order valence-corrected chi connectivity index (χ2v) is 2.51. The van der Waals surface area contributed by atoms with E-state index in [1.165, 1.54) is 0 Å². The monoisotopic (exact) mass is 244 g/mol. The fourth-order valence-electron chi connectivity index (χ4n) is 0.742. The van der Waals surface area contributed by atoms with E-state index in [1.54, 1.807) is 0 Å². The van der Waals surface area contributed by atoms with Crippen molar-refractivity contribution < 1.29 is 35.9 Å². The molecule has 1 aliphatic rings. The molecule has 0 saturated carbocycles. The van der Waals surface area contributed by atoms with Crippen LogP contribution in [0.2, 0.25) is 0 Å². The van der Waals surface area contributed by atoms with Crippen molar-refractivity contribution in [2.75, 3.05) is 0 Å². The van der Waals surface area contributed by atoms with E-state index < -0.39 is 29.6 Å². The first-order valence-corrected chi connectivity index (χ1v) is 3.04. The molecule has 0 atom stereocenters. The van der Waals surface area contributed by atoms with Gasteiger partial charge in [0.2, 0.25) is 0 Å². The molecule has 81 valence electrons. The Morgan fingerprint density at radius 3 is 1.33 bits per heavy atom. The van der Waals surface area contributed by atoms with E-state index in [2.05, 4.69) is 0 Å². The number of amides is 2. The Balaban J connectivity index is 0.00000196. The molecule has 1 rings (SSSR count). The number of hydrogen-bond donors (Lipinski definition) is 1. The molecule has 0 aromatic rings. The van der Waals surface area contributed by atoms with E-state index in [0.717, 1.165) is 0 Å². The van der Waals surface area contributed by atoms with Crippen LogP contribution in [0.25, 0.3) is 0 Å². The third kappa shape index (κ3) is 1.66. The molecule has 0 aliphatic carbocycles. The van der Waals surface area contributed by atoms with Crippen molar-refractivity contribution in [2.45, 2.75) is 17.8 Å². The summed E-state index contributed by atoms with van der Waals surface area (Å²) in [6.07, 6.45) is 0. The van der Waals surface area contributed by atoms with E-state index in [-0.39, 0.29) is 29.6 Å². The Hall–Kier alpha value is -0.280. The Kier molecular flexibility index (Phi) is 3.56. The number of halogens is 6. The summed E-state index contributed by atoms with van der Waals surface area (Å²) in [6, 6.07) is 0. The molecule has 1 heterocycles. The maximum atomic E-state index is 12.3. The van der Waals surface area contributed by atoms with Crippen molar-refractivity contribution >= 4 is 41.4 Å². The molecule has 1 radical (unpaired) electrons. The van der Waals surface area contributed by atoms with Crippen LogP contribution < -0.4 is 5.32 Å². The summed E-state index contributed by atoms with van der Waals surface area (Å²) in [4.78, 5) is 20.3. The summed E-state index contributed by atoms with van der Waals surface area (Å²) in [6.45, 7) is 0. The Morgan fingerprint density at radius 1 is 0.800 bits per heavy atom. The van der Waals surface area contributed by atoms with Gasteiger partial charge >= 0.3 is 29.6 Å². The summed E-state index contributed by atoms with van der Waals surface area (Å²) in [5.41, 5.74) is 0. The normalized spacial score (nSPS) is 26.5. The quantitative estimate of drug-likeness (QED) is 0.375. The van der Waals surface area contributed by atoms with Crippen LogP contribution in [0.15, 0.2) is 0 Å². The zero-order valence-electron chi connectivity index (χ0n) is 7.08. The molecule has 3 nitrogen and oxygen atoms in total. The van der Waals surface area contributed by atoms with E-state index >= 15 is 0 Å². The first kappa shape index (κ1) is 14.7. The first-order chi connectivity index (χ1) is 6.05. The largest absolute Gasteiger partial charge is 0.393 e. The molecule has 0 unspecified atom stereocenters. The molecular formula is C5HF6NNaO2. The molecule has 0 aromatic carbocycles. The van der Waals surface area contributed by atoms with Gasteiger partial charge in [0.25, 0.3) is 0 Å². The minimum atomic E-state index is -6.01. The van der Waals surface area contributed by atoms with Crippen LogP contribution in [0.4, 0.5) is 26.3 Å². The minimum Gasteiger partial charge on any atom is -0.285 e. The number of piperidine rings is 1. The molecule has 0 bridgehead atoms. The van der Waals surface area contributed by atoms with E-state index in [0.29, 0.717) is 5.32 Å². The summed E-state index contributed by atoms with van der Waals surface area (Å²) in [7, 11) is 0. The van der Waals surface area contributed by atoms with Gasteiger partial charge in [-0.1, -0.05) is 0 Å². The second kappa shape index (κ2) is 3.63. The maximum Gasteiger partial charge on any atom is 0.393 e. The van der Waals surface area contributed by atoms with Gasteiger partial charge in [-0.15, -0.1) is 0 Å². The summed E-state index contributed by atoms with van der Waals surface area (Å²) in [5, 5.41) is 0.458. The molecule has 10 heteroatoms. The standard InChI is InChI=1S/C5HF6NO2.Na/c6-3(7)1(13)12-2(14)4(8,9)5(3,10)11;/h(H,12,13,14);. The van der Waals surface area contributed by atoms with Crippen molar-refractivity contribution in [1.82, 2.24) is 5.32 Å². The van der Waals surface area contributed by atoms with Crippen molar-refractivity contribution in [3.8, 4) is 0 Å². The molecule has 0 aromatic heterocycles. The van der Waals surface area contributed by atoms with Crippen LogP contribution in [0, 0.1) is 0 Å². The van der Waals surface area contributed by atoms with Gasteiger partial charge in [0.15, 0.2) is 0 Å². The van der Waals surface area contributed by atoms with Crippen molar-refractivity contribution in [3.05, 3.63) is 0 Å². The minimum absolute atomic E-state index is 0. The summed E-state index contributed by atoms with van der Waals surface area (Å²) >= 11 is 0. The Labute approximate surface area is 100 Å². The number of nitrogens with one attached hydrogen (secondary N) is 1. The van der Waals surface area contributed by atoms with E-state index in [9.17, 15) is 35.9 Å². The predicted molar refractivity (Wildman–Crippen MR) is 33.7 cm³/mol. The molecule has 1 fully saturated rings. The summed E-state index contributed by atoms with van der Waals surface area (Å²) < 4.78 is 73.6. The van der Waals surface area contributed by atoms with Crippen molar-refractivity contribution in [3.63, 3.8) is 0 Å². The summed E-state index contributed by atoms with van der Waals surface area (Å²) in [5.74, 6) is -22.7. The number of carbonyl (C=O) groups is 2. The van der Waals surface area contributed by atoms with Gasteiger partial charge in [-0.25, -0.2) is 0 Å².